The maximum atomic E-state index is 11.3. The lowest BCUT2D eigenvalue weighted by molar-refractivity contribution is 0.0595. The van der Waals surface area contributed by atoms with Crippen molar-refractivity contribution in [3.8, 4) is 5.75 Å². The molecule has 0 amide bonds. The van der Waals surface area contributed by atoms with Gasteiger partial charge in [0.25, 0.3) is 0 Å². The zero-order valence-electron chi connectivity index (χ0n) is 8.50. The number of carbonyl (C=O) groups is 1. The number of phenolic OH excluding ortho intramolecular Hbond substituents is 1. The zero-order chi connectivity index (χ0) is 11.0. The van der Waals surface area contributed by atoms with Crippen LogP contribution in [0.25, 0.3) is 10.9 Å². The summed E-state index contributed by atoms with van der Waals surface area (Å²) in [4.78, 5) is 14.2. The molecule has 4 nitrogen and oxygen atoms in total. The van der Waals surface area contributed by atoms with Gasteiger partial charge in [0.2, 0.25) is 0 Å². The van der Waals surface area contributed by atoms with Gasteiger partial charge in [-0.05, 0) is 24.6 Å². The van der Waals surface area contributed by atoms with Crippen LogP contribution in [0, 0.1) is 6.92 Å². The van der Waals surface area contributed by atoms with Gasteiger partial charge in [0, 0.05) is 17.0 Å². The van der Waals surface area contributed by atoms with Gasteiger partial charge in [-0.3, -0.25) is 0 Å². The summed E-state index contributed by atoms with van der Waals surface area (Å²) < 4.78 is 4.60. The van der Waals surface area contributed by atoms with Gasteiger partial charge in [-0.2, -0.15) is 0 Å². The van der Waals surface area contributed by atoms with Gasteiger partial charge in [-0.25, -0.2) is 4.79 Å². The molecule has 0 spiro atoms. The molecule has 4 heteroatoms. The Kier molecular flexibility index (Phi) is 2.11. The molecular weight excluding hydrogens is 194 g/mol. The highest BCUT2D eigenvalue weighted by molar-refractivity contribution is 5.96. The highest BCUT2D eigenvalue weighted by Gasteiger charge is 2.11. The fourth-order valence-electron chi connectivity index (χ4n) is 1.62. The molecule has 78 valence electrons. The summed E-state index contributed by atoms with van der Waals surface area (Å²) in [5.74, 6) is -0.233. The Hall–Kier alpha value is -1.97. The smallest absolute Gasteiger partial charge is 0.354 e. The van der Waals surface area contributed by atoms with Crippen molar-refractivity contribution in [1.29, 1.82) is 0 Å². The van der Waals surface area contributed by atoms with E-state index in [1.807, 2.05) is 6.92 Å². The van der Waals surface area contributed by atoms with Crippen LogP contribution in [0.15, 0.2) is 18.2 Å². The summed E-state index contributed by atoms with van der Waals surface area (Å²) in [6, 6.07) is 4.95. The highest BCUT2D eigenvalue weighted by Crippen LogP contribution is 2.24. The monoisotopic (exact) mass is 205 g/mol. The van der Waals surface area contributed by atoms with E-state index in [4.69, 9.17) is 0 Å². The minimum atomic E-state index is -0.412. The van der Waals surface area contributed by atoms with Crippen molar-refractivity contribution < 1.29 is 14.6 Å². The molecule has 0 bridgehead atoms. The van der Waals surface area contributed by atoms with E-state index < -0.39 is 5.97 Å². The Labute approximate surface area is 86.5 Å². The largest absolute Gasteiger partial charge is 0.508 e. The van der Waals surface area contributed by atoms with Crippen LogP contribution < -0.4 is 0 Å². The molecule has 1 aromatic carbocycles. The number of esters is 1. The summed E-state index contributed by atoms with van der Waals surface area (Å²) in [5, 5.41) is 10.3. The molecule has 0 aliphatic rings. The molecule has 1 aromatic heterocycles. The molecule has 0 atom stereocenters. The van der Waals surface area contributed by atoms with Gasteiger partial charge in [0.15, 0.2) is 0 Å². The number of fused-ring (bicyclic) bond motifs is 1. The predicted octanol–water partition coefficient (Wildman–Crippen LogP) is 1.97. The molecule has 0 saturated carbocycles. The number of nitrogens with one attached hydrogen (secondary N) is 1. The second-order valence-electron chi connectivity index (χ2n) is 3.40. The van der Waals surface area contributed by atoms with E-state index in [0.29, 0.717) is 5.69 Å². The molecule has 2 N–H and O–H groups in total. The number of phenols is 1. The lowest BCUT2D eigenvalue weighted by Crippen LogP contribution is -2.00. The molecule has 0 fully saturated rings. The van der Waals surface area contributed by atoms with E-state index in [1.165, 1.54) is 7.11 Å². The topological polar surface area (TPSA) is 62.3 Å². The molecule has 0 saturated heterocycles. The van der Waals surface area contributed by atoms with Crippen LogP contribution in [-0.4, -0.2) is 23.2 Å². The first kappa shape index (κ1) is 9.58. The Balaban J connectivity index is 2.65. The zero-order valence-corrected chi connectivity index (χ0v) is 8.50. The number of aromatic nitrogens is 1. The normalized spacial score (nSPS) is 10.5. The van der Waals surface area contributed by atoms with Crippen molar-refractivity contribution >= 4 is 16.9 Å². The summed E-state index contributed by atoms with van der Waals surface area (Å²) in [7, 11) is 1.33. The number of H-pyrrole nitrogens is 1. The van der Waals surface area contributed by atoms with Crippen molar-refractivity contribution in [2.75, 3.05) is 7.11 Å². The van der Waals surface area contributed by atoms with Crippen LogP contribution in [0.3, 0.4) is 0 Å². The minimum absolute atomic E-state index is 0.179. The number of ether oxygens (including phenoxy) is 1. The maximum absolute atomic E-state index is 11.3. The van der Waals surface area contributed by atoms with Crippen molar-refractivity contribution in [2.24, 2.45) is 0 Å². The van der Waals surface area contributed by atoms with Crippen molar-refractivity contribution in [1.82, 2.24) is 4.98 Å². The molecule has 2 aromatic rings. The minimum Gasteiger partial charge on any atom is -0.508 e. The molecule has 0 aliphatic carbocycles. The van der Waals surface area contributed by atoms with Crippen LogP contribution in [0.2, 0.25) is 0 Å². The van der Waals surface area contributed by atoms with E-state index >= 15 is 0 Å². The molecule has 1 heterocycles. The standard InChI is InChI=1S/C11H11NO3/c1-6-3-7(13)4-9-8(6)5-10(12-9)11(14)15-2/h3-5,12-13H,1-2H3. The lowest BCUT2D eigenvalue weighted by atomic mass is 10.1. The number of aromatic hydroxyl groups is 1. The first-order valence-corrected chi connectivity index (χ1v) is 4.52. The van der Waals surface area contributed by atoms with Crippen molar-refractivity contribution in [3.05, 3.63) is 29.5 Å². The van der Waals surface area contributed by atoms with Crippen LogP contribution in [-0.2, 0) is 4.74 Å². The van der Waals surface area contributed by atoms with E-state index in [-0.39, 0.29) is 5.75 Å². The van der Waals surface area contributed by atoms with Gasteiger partial charge in [0.05, 0.1) is 7.11 Å². The predicted molar refractivity (Wildman–Crippen MR) is 56.0 cm³/mol. The Morgan fingerprint density at radius 1 is 1.40 bits per heavy atom. The van der Waals surface area contributed by atoms with Gasteiger partial charge in [-0.1, -0.05) is 0 Å². The molecule has 0 aliphatic heterocycles. The average Bonchev–Trinajstić information content (AvgIpc) is 2.60. The third-order valence-corrected chi connectivity index (χ3v) is 2.33. The number of benzene rings is 1. The van der Waals surface area contributed by atoms with Crippen molar-refractivity contribution in [2.45, 2.75) is 6.92 Å². The fraction of sp³-hybridized carbons (Fsp3) is 0.182. The summed E-state index contributed by atoms with van der Waals surface area (Å²) in [5.41, 5.74) is 2.03. The van der Waals surface area contributed by atoms with Crippen LogP contribution in [0.4, 0.5) is 0 Å². The Morgan fingerprint density at radius 2 is 2.13 bits per heavy atom. The summed E-state index contributed by atoms with van der Waals surface area (Å²) in [6.45, 7) is 1.87. The molecule has 15 heavy (non-hydrogen) atoms. The SMILES string of the molecule is COC(=O)c1cc2c(C)cc(O)cc2[nH]1. The molecule has 2 rings (SSSR count). The molecule has 0 radical (unpaired) electrons. The van der Waals surface area contributed by atoms with E-state index in [0.717, 1.165) is 16.5 Å². The molecular formula is C11H11NO3. The second kappa shape index (κ2) is 3.31. The first-order chi connectivity index (χ1) is 7.11. The average molecular weight is 205 g/mol. The second-order valence-corrected chi connectivity index (χ2v) is 3.40. The van der Waals surface area contributed by atoms with Gasteiger partial charge in [0.1, 0.15) is 11.4 Å². The van der Waals surface area contributed by atoms with E-state index in [2.05, 4.69) is 9.72 Å². The summed E-state index contributed by atoms with van der Waals surface area (Å²) in [6.07, 6.45) is 0. The number of rotatable bonds is 1. The molecule has 0 unspecified atom stereocenters. The third-order valence-electron chi connectivity index (χ3n) is 2.33. The number of carbonyl (C=O) groups excluding carboxylic acids is 1. The van der Waals surface area contributed by atoms with Crippen LogP contribution in [0.1, 0.15) is 16.1 Å². The first-order valence-electron chi connectivity index (χ1n) is 4.52. The third kappa shape index (κ3) is 1.54. The van der Waals surface area contributed by atoms with Gasteiger partial charge < -0.3 is 14.8 Å². The highest BCUT2D eigenvalue weighted by atomic mass is 16.5. The fourth-order valence-corrected chi connectivity index (χ4v) is 1.62. The van der Waals surface area contributed by atoms with E-state index in [9.17, 15) is 9.90 Å². The number of aromatic amines is 1. The number of aryl methyl sites for hydroxylation is 1. The number of hydrogen-bond donors (Lipinski definition) is 2. The summed E-state index contributed by atoms with van der Waals surface area (Å²) >= 11 is 0. The Bertz CT molecular complexity index is 528. The maximum Gasteiger partial charge on any atom is 0.354 e. The number of hydrogen-bond acceptors (Lipinski definition) is 3. The van der Waals surface area contributed by atoms with E-state index in [1.54, 1.807) is 18.2 Å². The van der Waals surface area contributed by atoms with Crippen molar-refractivity contribution in [3.63, 3.8) is 0 Å². The number of methoxy groups -OCH3 is 1. The quantitative estimate of drug-likeness (QED) is 0.699. The van der Waals surface area contributed by atoms with Crippen LogP contribution >= 0.6 is 0 Å². The van der Waals surface area contributed by atoms with Gasteiger partial charge >= 0.3 is 5.97 Å². The Morgan fingerprint density at radius 3 is 2.80 bits per heavy atom. The van der Waals surface area contributed by atoms with Crippen LogP contribution in [0.5, 0.6) is 5.75 Å². The lowest BCUT2D eigenvalue weighted by Gasteiger charge is -1.96. The van der Waals surface area contributed by atoms with Gasteiger partial charge in [-0.15, -0.1) is 0 Å².